The number of cyclic esters (lactones) is 2. The van der Waals surface area contributed by atoms with Gasteiger partial charge in [-0.2, -0.15) is 5.11 Å². The number of esters is 1. The predicted molar refractivity (Wildman–Crippen MR) is 110 cm³/mol. The van der Waals surface area contributed by atoms with Crippen molar-refractivity contribution in [3.8, 4) is 0 Å². The fourth-order valence-corrected chi connectivity index (χ4v) is 5.43. The highest BCUT2D eigenvalue weighted by Gasteiger charge is 2.54. The van der Waals surface area contributed by atoms with E-state index in [1.54, 1.807) is 0 Å². The van der Waals surface area contributed by atoms with E-state index in [4.69, 9.17) is 15.0 Å². The summed E-state index contributed by atoms with van der Waals surface area (Å²) in [5, 5.41) is 3.75. The summed E-state index contributed by atoms with van der Waals surface area (Å²) < 4.78 is 10.8. The lowest BCUT2D eigenvalue weighted by molar-refractivity contribution is -0.146. The molecular weight excluding hydrogens is 398 g/mol. The Morgan fingerprint density at radius 1 is 1.19 bits per heavy atom. The van der Waals surface area contributed by atoms with Crippen molar-refractivity contribution in [2.75, 3.05) is 6.61 Å². The standard InChI is InChI=1S/C23H29N3O5/c1-12(2)15-10-19(31-22(15)28)17(25-24)9-16-13(3)20(14-7-5-4-6-8-14)18-11-30-23(29)26(18)21(16)27/h4-8,12-13,15-20,24H,9-11H2,1-3H3/t13?,15?,16-,17-,18+,19-,20?/m0/s1. The van der Waals surface area contributed by atoms with Crippen molar-refractivity contribution in [3.63, 3.8) is 0 Å². The van der Waals surface area contributed by atoms with Crippen LogP contribution in [0, 0.1) is 29.2 Å². The molecule has 31 heavy (non-hydrogen) atoms. The van der Waals surface area contributed by atoms with Crippen LogP contribution in [0.2, 0.25) is 0 Å². The molecule has 8 nitrogen and oxygen atoms in total. The molecule has 0 saturated carbocycles. The first kappa shape index (κ1) is 21.5. The van der Waals surface area contributed by atoms with Crippen LogP contribution in [0.1, 0.15) is 45.1 Å². The number of hydrogen-bond donors (Lipinski definition) is 1. The number of imide groups is 1. The molecule has 0 bridgehead atoms. The van der Waals surface area contributed by atoms with Gasteiger partial charge in [-0.3, -0.25) is 9.59 Å². The lowest BCUT2D eigenvalue weighted by Crippen LogP contribution is -2.55. The van der Waals surface area contributed by atoms with E-state index in [1.165, 1.54) is 4.90 Å². The van der Waals surface area contributed by atoms with Gasteiger partial charge in [-0.1, -0.05) is 51.1 Å². The number of fused-ring (bicyclic) bond motifs is 1. The molecule has 3 aliphatic rings. The lowest BCUT2D eigenvalue weighted by Gasteiger charge is -2.43. The summed E-state index contributed by atoms with van der Waals surface area (Å²) in [6, 6.07) is 8.89. The molecular formula is C23H29N3O5. The van der Waals surface area contributed by atoms with E-state index in [-0.39, 0.29) is 54.6 Å². The summed E-state index contributed by atoms with van der Waals surface area (Å²) in [4.78, 5) is 39.2. The average molecular weight is 428 g/mol. The lowest BCUT2D eigenvalue weighted by atomic mass is 9.69. The normalized spacial score (nSPS) is 33.8. The number of carbonyl (C=O) groups is 3. The van der Waals surface area contributed by atoms with Crippen molar-refractivity contribution in [1.82, 2.24) is 4.90 Å². The van der Waals surface area contributed by atoms with Crippen LogP contribution in [0.15, 0.2) is 35.4 Å². The van der Waals surface area contributed by atoms with E-state index in [0.29, 0.717) is 6.42 Å². The molecule has 8 heteroatoms. The van der Waals surface area contributed by atoms with Crippen LogP contribution in [0.5, 0.6) is 0 Å². The topological polar surface area (TPSA) is 109 Å². The Morgan fingerprint density at radius 3 is 2.52 bits per heavy atom. The highest BCUT2D eigenvalue weighted by molar-refractivity contribution is 5.96. The minimum Gasteiger partial charge on any atom is -0.460 e. The summed E-state index contributed by atoms with van der Waals surface area (Å²) in [5.74, 6) is -1.31. The van der Waals surface area contributed by atoms with Crippen molar-refractivity contribution in [3.05, 3.63) is 35.9 Å². The van der Waals surface area contributed by atoms with E-state index in [9.17, 15) is 14.4 Å². The molecule has 3 heterocycles. The molecule has 7 atom stereocenters. The summed E-state index contributed by atoms with van der Waals surface area (Å²) in [7, 11) is 0. The molecule has 1 aromatic carbocycles. The van der Waals surface area contributed by atoms with E-state index in [1.807, 2.05) is 51.1 Å². The van der Waals surface area contributed by atoms with Gasteiger partial charge in [0.25, 0.3) is 0 Å². The number of amides is 2. The minimum absolute atomic E-state index is 0.0729. The van der Waals surface area contributed by atoms with Gasteiger partial charge in [0.05, 0.1) is 12.0 Å². The van der Waals surface area contributed by atoms with Crippen molar-refractivity contribution in [2.45, 2.75) is 57.7 Å². The van der Waals surface area contributed by atoms with E-state index < -0.39 is 24.2 Å². The quantitative estimate of drug-likeness (QED) is 0.549. The highest BCUT2D eigenvalue weighted by atomic mass is 16.6. The molecule has 2 amide bonds. The van der Waals surface area contributed by atoms with Crippen molar-refractivity contribution < 1.29 is 23.9 Å². The number of hydrogen-bond acceptors (Lipinski definition) is 7. The van der Waals surface area contributed by atoms with Crippen LogP contribution in [-0.2, 0) is 19.1 Å². The Morgan fingerprint density at radius 2 is 1.90 bits per heavy atom. The Labute approximate surface area is 181 Å². The predicted octanol–water partition coefficient (Wildman–Crippen LogP) is 3.76. The third kappa shape index (κ3) is 3.72. The van der Waals surface area contributed by atoms with Gasteiger partial charge >= 0.3 is 12.1 Å². The number of benzene rings is 1. The Bertz CT molecular complexity index is 873. The van der Waals surface area contributed by atoms with Gasteiger partial charge in [-0.15, -0.1) is 0 Å². The number of rotatable bonds is 6. The number of piperidine rings is 1. The molecule has 3 fully saturated rings. The van der Waals surface area contributed by atoms with Gasteiger partial charge in [-0.25, -0.2) is 15.2 Å². The van der Waals surface area contributed by atoms with Gasteiger partial charge in [0, 0.05) is 18.3 Å². The second-order valence-corrected chi connectivity index (χ2v) is 9.25. The van der Waals surface area contributed by atoms with Crippen molar-refractivity contribution in [2.24, 2.45) is 28.8 Å². The molecule has 1 aromatic rings. The maximum atomic E-state index is 13.3. The zero-order valence-electron chi connectivity index (χ0n) is 18.1. The fourth-order valence-electron chi connectivity index (χ4n) is 5.43. The van der Waals surface area contributed by atoms with Gasteiger partial charge < -0.3 is 9.47 Å². The van der Waals surface area contributed by atoms with Crippen LogP contribution in [0.25, 0.3) is 0 Å². The minimum atomic E-state index is -0.615. The monoisotopic (exact) mass is 427 g/mol. The smallest absolute Gasteiger partial charge is 0.417 e. The fraction of sp³-hybridized carbons (Fsp3) is 0.609. The maximum absolute atomic E-state index is 13.3. The first-order valence-corrected chi connectivity index (χ1v) is 10.9. The van der Waals surface area contributed by atoms with Crippen LogP contribution in [-0.4, -0.2) is 47.7 Å². The SMILES string of the molecule is CC(C)C1C[C@@H]([C@H](C[C@@H]2C(=O)N3C(=O)OC[C@@H]3C(c3ccccc3)C2C)N=N)OC1=O. The van der Waals surface area contributed by atoms with Crippen LogP contribution in [0.3, 0.4) is 0 Å². The first-order chi connectivity index (χ1) is 14.8. The van der Waals surface area contributed by atoms with E-state index >= 15 is 0 Å². The molecule has 3 aliphatic heterocycles. The van der Waals surface area contributed by atoms with E-state index in [2.05, 4.69) is 5.11 Å². The molecule has 0 spiro atoms. The summed E-state index contributed by atoms with van der Waals surface area (Å²) in [5.41, 5.74) is 8.78. The number of carbonyl (C=O) groups excluding carboxylic acids is 3. The van der Waals surface area contributed by atoms with Crippen LogP contribution < -0.4 is 0 Å². The highest BCUT2D eigenvalue weighted by Crippen LogP contribution is 2.45. The summed E-state index contributed by atoms with van der Waals surface area (Å²) >= 11 is 0. The molecule has 0 aromatic heterocycles. The maximum Gasteiger partial charge on any atom is 0.417 e. The Balaban J connectivity index is 1.60. The number of ether oxygens (including phenoxy) is 2. The largest absolute Gasteiger partial charge is 0.460 e. The van der Waals surface area contributed by atoms with Crippen LogP contribution in [0.4, 0.5) is 4.79 Å². The van der Waals surface area contributed by atoms with Gasteiger partial charge in [0.1, 0.15) is 18.8 Å². The average Bonchev–Trinajstić information content (AvgIpc) is 3.32. The van der Waals surface area contributed by atoms with Gasteiger partial charge in [0.15, 0.2) is 0 Å². The molecule has 1 N–H and O–H groups in total. The second kappa shape index (κ2) is 8.40. The molecule has 0 aliphatic carbocycles. The number of nitrogens with one attached hydrogen (secondary N) is 1. The third-order valence-corrected chi connectivity index (χ3v) is 7.21. The summed E-state index contributed by atoms with van der Waals surface area (Å²) in [6.07, 6.45) is -0.378. The first-order valence-electron chi connectivity index (χ1n) is 10.9. The summed E-state index contributed by atoms with van der Waals surface area (Å²) in [6.45, 7) is 6.14. The molecule has 3 saturated heterocycles. The molecule has 3 unspecified atom stereocenters. The zero-order valence-corrected chi connectivity index (χ0v) is 18.1. The molecule has 4 rings (SSSR count). The Hall–Kier alpha value is -2.77. The van der Waals surface area contributed by atoms with Crippen LogP contribution >= 0.6 is 0 Å². The van der Waals surface area contributed by atoms with Crippen molar-refractivity contribution >= 4 is 18.0 Å². The van der Waals surface area contributed by atoms with Gasteiger partial charge in [-0.05, 0) is 23.8 Å². The Kier molecular flexibility index (Phi) is 5.81. The zero-order chi connectivity index (χ0) is 22.3. The molecule has 0 radical (unpaired) electrons. The third-order valence-electron chi connectivity index (χ3n) is 7.21. The second-order valence-electron chi connectivity index (χ2n) is 9.25. The van der Waals surface area contributed by atoms with Gasteiger partial charge in [0.2, 0.25) is 5.91 Å². The van der Waals surface area contributed by atoms with E-state index in [0.717, 1.165) is 5.56 Å². The molecule has 166 valence electrons. The number of nitrogens with zero attached hydrogens (tertiary/aromatic N) is 2. The van der Waals surface area contributed by atoms with Crippen molar-refractivity contribution in [1.29, 1.82) is 5.53 Å².